The maximum absolute atomic E-state index is 12.9. The molecule has 6 nitrogen and oxygen atoms in total. The third-order valence-electron chi connectivity index (χ3n) is 5.08. The molecule has 136 valence electrons. The molecule has 2 fully saturated rings. The van der Waals surface area contributed by atoms with Gasteiger partial charge < -0.3 is 15.4 Å². The molecule has 2 aliphatic rings. The van der Waals surface area contributed by atoms with E-state index < -0.39 is 0 Å². The number of primary amides is 1. The smallest absolute Gasteiger partial charge is 0.260 e. The third-order valence-corrected chi connectivity index (χ3v) is 5.08. The van der Waals surface area contributed by atoms with Gasteiger partial charge in [-0.15, -0.1) is 0 Å². The summed E-state index contributed by atoms with van der Waals surface area (Å²) in [5.74, 6) is -0.178. The minimum atomic E-state index is -0.336. The second-order valence-corrected chi connectivity index (χ2v) is 6.65. The van der Waals surface area contributed by atoms with Crippen LogP contribution in [0.5, 0.6) is 5.75 Å². The van der Waals surface area contributed by atoms with E-state index in [1.54, 1.807) is 4.90 Å². The number of likely N-dealkylation sites (tertiary alicyclic amines) is 2. The number of hydrogen-bond donors (Lipinski definition) is 1. The second-order valence-electron chi connectivity index (χ2n) is 6.65. The van der Waals surface area contributed by atoms with E-state index in [4.69, 9.17) is 10.5 Å². The molecular formula is C18H24FN3O3. The monoisotopic (exact) mass is 349 g/mol. The van der Waals surface area contributed by atoms with E-state index in [2.05, 4.69) is 4.90 Å². The summed E-state index contributed by atoms with van der Waals surface area (Å²) in [6.07, 6.45) is 3.51. The average Bonchev–Trinajstić information content (AvgIpc) is 3.11. The zero-order valence-electron chi connectivity index (χ0n) is 14.2. The SMILES string of the molecule is NC(=O)C1CCCN1C1CCN(C(=O)COc2ccc(F)cc2)CC1. The van der Waals surface area contributed by atoms with E-state index in [9.17, 15) is 14.0 Å². The molecule has 1 atom stereocenters. The number of carbonyl (C=O) groups excluding carboxylic acids is 2. The largest absolute Gasteiger partial charge is 0.484 e. The maximum atomic E-state index is 12.9. The highest BCUT2D eigenvalue weighted by Crippen LogP contribution is 2.26. The molecular weight excluding hydrogens is 325 g/mol. The molecule has 25 heavy (non-hydrogen) atoms. The van der Waals surface area contributed by atoms with Crippen molar-refractivity contribution >= 4 is 11.8 Å². The first-order chi connectivity index (χ1) is 12.0. The Morgan fingerprint density at radius 2 is 1.80 bits per heavy atom. The molecule has 3 rings (SSSR count). The Kier molecular flexibility index (Phi) is 5.53. The lowest BCUT2D eigenvalue weighted by molar-refractivity contribution is -0.135. The van der Waals surface area contributed by atoms with Crippen molar-refractivity contribution in [3.63, 3.8) is 0 Å². The Balaban J connectivity index is 1.46. The normalized spacial score (nSPS) is 22.1. The molecule has 2 amide bonds. The van der Waals surface area contributed by atoms with E-state index in [1.165, 1.54) is 24.3 Å². The molecule has 2 N–H and O–H groups in total. The summed E-state index contributed by atoms with van der Waals surface area (Å²) in [4.78, 5) is 27.8. The minimum absolute atomic E-state index is 0.0517. The highest BCUT2D eigenvalue weighted by molar-refractivity contribution is 5.80. The molecule has 0 aliphatic carbocycles. The molecule has 0 aromatic heterocycles. The minimum Gasteiger partial charge on any atom is -0.484 e. The van der Waals surface area contributed by atoms with Crippen molar-refractivity contribution < 1.29 is 18.7 Å². The fraction of sp³-hybridized carbons (Fsp3) is 0.556. The molecule has 7 heteroatoms. The van der Waals surface area contributed by atoms with Crippen molar-refractivity contribution in [3.8, 4) is 5.75 Å². The van der Waals surface area contributed by atoms with Gasteiger partial charge in [-0.1, -0.05) is 0 Å². The first-order valence-corrected chi connectivity index (χ1v) is 8.76. The zero-order valence-corrected chi connectivity index (χ0v) is 14.2. The third kappa shape index (κ3) is 4.28. The van der Waals surface area contributed by atoms with Crippen LogP contribution in [0.2, 0.25) is 0 Å². The first kappa shape index (κ1) is 17.7. The predicted molar refractivity (Wildman–Crippen MR) is 90.4 cm³/mol. The van der Waals surface area contributed by atoms with Crippen molar-refractivity contribution in [2.75, 3.05) is 26.2 Å². The van der Waals surface area contributed by atoms with Crippen LogP contribution in [0.3, 0.4) is 0 Å². The molecule has 1 unspecified atom stereocenters. The number of amides is 2. The summed E-state index contributed by atoms with van der Waals surface area (Å²) in [6.45, 7) is 2.15. The molecule has 0 spiro atoms. The highest BCUT2D eigenvalue weighted by atomic mass is 19.1. The number of ether oxygens (including phenoxy) is 1. The average molecular weight is 349 g/mol. The van der Waals surface area contributed by atoms with E-state index >= 15 is 0 Å². The van der Waals surface area contributed by atoms with Crippen LogP contribution in [-0.2, 0) is 9.59 Å². The number of rotatable bonds is 5. The van der Waals surface area contributed by atoms with Gasteiger partial charge in [-0.05, 0) is 56.5 Å². The number of nitrogens with zero attached hydrogens (tertiary/aromatic N) is 2. The predicted octanol–water partition coefficient (Wildman–Crippen LogP) is 1.15. The lowest BCUT2D eigenvalue weighted by atomic mass is 10.0. The molecule has 2 aliphatic heterocycles. The van der Waals surface area contributed by atoms with E-state index in [-0.39, 0.29) is 30.3 Å². The van der Waals surface area contributed by atoms with Crippen molar-refractivity contribution in [1.82, 2.24) is 9.80 Å². The van der Waals surface area contributed by atoms with E-state index in [0.29, 0.717) is 24.9 Å². The Labute approximate surface area is 146 Å². The summed E-state index contributed by atoms with van der Waals surface area (Å²) in [7, 11) is 0. The summed E-state index contributed by atoms with van der Waals surface area (Å²) in [6, 6.07) is 5.77. The fourth-order valence-corrected chi connectivity index (χ4v) is 3.75. The van der Waals surface area contributed by atoms with Gasteiger partial charge in [0.05, 0.1) is 6.04 Å². The Bertz CT molecular complexity index is 614. The van der Waals surface area contributed by atoms with Crippen LogP contribution in [0.4, 0.5) is 4.39 Å². The molecule has 0 radical (unpaired) electrons. The topological polar surface area (TPSA) is 75.9 Å². The number of nitrogens with two attached hydrogens (primary N) is 1. The molecule has 0 bridgehead atoms. The molecule has 2 saturated heterocycles. The molecule has 2 heterocycles. The van der Waals surface area contributed by atoms with Gasteiger partial charge >= 0.3 is 0 Å². The first-order valence-electron chi connectivity index (χ1n) is 8.76. The quantitative estimate of drug-likeness (QED) is 0.865. The van der Waals surface area contributed by atoms with Crippen LogP contribution >= 0.6 is 0 Å². The standard InChI is InChI=1S/C18H24FN3O3/c19-13-3-5-15(6-4-13)25-12-17(23)21-10-7-14(8-11-21)22-9-1-2-16(22)18(20)24/h3-6,14,16H,1-2,7-12H2,(H2,20,24). The van der Waals surface area contributed by atoms with Gasteiger partial charge in [0.15, 0.2) is 6.61 Å². The summed E-state index contributed by atoms with van der Waals surface area (Å²) in [5, 5.41) is 0. The number of piperidine rings is 1. The Hall–Kier alpha value is -2.15. The number of benzene rings is 1. The lowest BCUT2D eigenvalue weighted by Gasteiger charge is -2.38. The van der Waals surface area contributed by atoms with Gasteiger partial charge in [0, 0.05) is 19.1 Å². The van der Waals surface area contributed by atoms with Gasteiger partial charge in [-0.25, -0.2) is 4.39 Å². The van der Waals surface area contributed by atoms with Gasteiger partial charge in [-0.3, -0.25) is 14.5 Å². The van der Waals surface area contributed by atoms with Crippen molar-refractivity contribution in [3.05, 3.63) is 30.1 Å². The second kappa shape index (κ2) is 7.82. The fourth-order valence-electron chi connectivity index (χ4n) is 3.75. The van der Waals surface area contributed by atoms with Crippen LogP contribution in [0, 0.1) is 5.82 Å². The van der Waals surface area contributed by atoms with Gasteiger partial charge in [0.2, 0.25) is 5.91 Å². The lowest BCUT2D eigenvalue weighted by Crippen LogP contribution is -2.51. The van der Waals surface area contributed by atoms with Crippen LogP contribution in [0.25, 0.3) is 0 Å². The number of halogens is 1. The number of carbonyl (C=O) groups is 2. The summed E-state index contributed by atoms with van der Waals surface area (Å²) in [5.41, 5.74) is 5.49. The summed E-state index contributed by atoms with van der Waals surface area (Å²) < 4.78 is 18.3. The van der Waals surface area contributed by atoms with Crippen LogP contribution in [0.15, 0.2) is 24.3 Å². The van der Waals surface area contributed by atoms with Gasteiger partial charge in [-0.2, -0.15) is 0 Å². The van der Waals surface area contributed by atoms with Crippen molar-refractivity contribution in [2.24, 2.45) is 5.73 Å². The molecule has 0 saturated carbocycles. The zero-order chi connectivity index (χ0) is 17.8. The summed E-state index contributed by atoms with van der Waals surface area (Å²) >= 11 is 0. The Morgan fingerprint density at radius 1 is 1.12 bits per heavy atom. The Morgan fingerprint density at radius 3 is 2.44 bits per heavy atom. The van der Waals surface area contributed by atoms with Gasteiger partial charge in [0.1, 0.15) is 11.6 Å². The van der Waals surface area contributed by atoms with Crippen LogP contribution in [0.1, 0.15) is 25.7 Å². The van der Waals surface area contributed by atoms with Crippen LogP contribution in [-0.4, -0.2) is 59.9 Å². The highest BCUT2D eigenvalue weighted by Gasteiger charge is 2.36. The van der Waals surface area contributed by atoms with Gasteiger partial charge in [0.25, 0.3) is 5.91 Å². The van der Waals surface area contributed by atoms with Crippen molar-refractivity contribution in [2.45, 2.75) is 37.8 Å². The van der Waals surface area contributed by atoms with E-state index in [1.807, 2.05) is 0 Å². The van der Waals surface area contributed by atoms with Crippen LogP contribution < -0.4 is 10.5 Å². The number of hydrogen-bond acceptors (Lipinski definition) is 4. The maximum Gasteiger partial charge on any atom is 0.260 e. The molecule has 1 aromatic carbocycles. The van der Waals surface area contributed by atoms with Crippen molar-refractivity contribution in [1.29, 1.82) is 0 Å². The molecule has 1 aromatic rings. The van der Waals surface area contributed by atoms with E-state index in [0.717, 1.165) is 32.2 Å².